The number of halogens is 1. The molecule has 0 spiro atoms. The second-order valence-corrected chi connectivity index (χ2v) is 11.1. The largest absolute Gasteiger partial charge is 0.428 e. The van der Waals surface area contributed by atoms with Crippen molar-refractivity contribution in [3.63, 3.8) is 0 Å². The number of carbonyl (C=O) groups is 3. The normalized spacial score (nSPS) is 25.0. The molecule has 3 aliphatic rings. The minimum atomic E-state index is -0.634. The molecule has 200 valence electrons. The first-order chi connectivity index (χ1) is 16.7. The van der Waals surface area contributed by atoms with Gasteiger partial charge in [-0.1, -0.05) is 24.3 Å². The van der Waals surface area contributed by atoms with E-state index >= 15 is 0 Å². The number of urea groups is 1. The Kier molecular flexibility index (Phi) is 9.64. The van der Waals surface area contributed by atoms with Crippen LogP contribution in [-0.4, -0.2) is 55.3 Å². The maximum Gasteiger partial charge on any atom is 0.318 e. The Morgan fingerprint density at radius 3 is 2.17 bits per heavy atom. The van der Waals surface area contributed by atoms with Crippen molar-refractivity contribution in [1.82, 2.24) is 15.5 Å². The topological polar surface area (TPSA) is 97.0 Å². The predicted molar refractivity (Wildman–Crippen MR) is 139 cm³/mol. The van der Waals surface area contributed by atoms with E-state index in [1.165, 1.54) is 18.4 Å². The van der Waals surface area contributed by atoms with Crippen molar-refractivity contribution < 1.29 is 23.9 Å². The monoisotopic (exact) mass is 521 g/mol. The van der Waals surface area contributed by atoms with Crippen LogP contribution < -0.4 is 10.6 Å². The van der Waals surface area contributed by atoms with Crippen LogP contribution in [0.4, 0.5) is 4.79 Å². The van der Waals surface area contributed by atoms with Gasteiger partial charge in [0.25, 0.3) is 0 Å². The molecule has 1 saturated carbocycles. The van der Waals surface area contributed by atoms with Crippen LogP contribution in [0.3, 0.4) is 0 Å². The fourth-order valence-corrected chi connectivity index (χ4v) is 5.42. The minimum Gasteiger partial charge on any atom is -0.428 e. The van der Waals surface area contributed by atoms with Gasteiger partial charge in [-0.3, -0.25) is 9.59 Å². The molecule has 0 radical (unpaired) electrons. The highest BCUT2D eigenvalue weighted by molar-refractivity contribution is 5.85. The lowest BCUT2D eigenvalue weighted by Gasteiger charge is -2.36. The molecular weight excluding hydrogens is 482 g/mol. The maximum absolute atomic E-state index is 12.7. The van der Waals surface area contributed by atoms with Crippen LogP contribution >= 0.6 is 12.4 Å². The number of hydrogen-bond acceptors (Lipinski definition) is 6. The van der Waals surface area contributed by atoms with Crippen LogP contribution in [0.25, 0.3) is 0 Å². The van der Waals surface area contributed by atoms with E-state index in [-0.39, 0.29) is 49.2 Å². The number of nitrogens with zero attached hydrogens (tertiary/aromatic N) is 1. The zero-order valence-corrected chi connectivity index (χ0v) is 22.4. The SMILES string of the molecule is CC(C)(C)C(=O)OCOC(=O)C1CCC(N2C(=O)NCC2c2ccc(C3CCNCC3)cc2)CC1.Cl. The Bertz CT molecular complexity index is 903. The molecular formula is C27H40ClN3O5. The van der Waals surface area contributed by atoms with Crippen molar-refractivity contribution in [2.45, 2.75) is 77.3 Å². The molecule has 4 rings (SSSR count). The van der Waals surface area contributed by atoms with Crippen LogP contribution in [0.15, 0.2) is 24.3 Å². The lowest BCUT2D eigenvalue weighted by molar-refractivity contribution is -0.176. The molecule has 2 aliphatic heterocycles. The second-order valence-electron chi connectivity index (χ2n) is 11.1. The second kappa shape index (κ2) is 12.3. The Hall–Kier alpha value is -2.32. The summed E-state index contributed by atoms with van der Waals surface area (Å²) in [6.45, 7) is 7.65. The summed E-state index contributed by atoms with van der Waals surface area (Å²) >= 11 is 0. The van der Waals surface area contributed by atoms with Crippen LogP contribution in [0.5, 0.6) is 0 Å². The molecule has 0 aromatic heterocycles. The standard InChI is InChI=1S/C27H39N3O5.ClH/c1-27(2,3)25(32)35-17-34-24(31)21-8-10-22(11-9-21)30-23(16-29-26(30)33)20-6-4-18(5-7-20)19-12-14-28-15-13-19;/h4-7,19,21-23,28H,8-17H2,1-3H3,(H,29,33);1H. The molecule has 36 heavy (non-hydrogen) atoms. The summed E-state index contributed by atoms with van der Waals surface area (Å²) in [5.74, 6) is -0.352. The van der Waals surface area contributed by atoms with E-state index in [0.29, 0.717) is 25.3 Å². The van der Waals surface area contributed by atoms with Crippen LogP contribution in [0.2, 0.25) is 0 Å². The quantitative estimate of drug-likeness (QED) is 0.428. The van der Waals surface area contributed by atoms with E-state index in [0.717, 1.165) is 31.5 Å². The summed E-state index contributed by atoms with van der Waals surface area (Å²) in [6, 6.07) is 8.88. The summed E-state index contributed by atoms with van der Waals surface area (Å²) in [5.41, 5.74) is 1.90. The zero-order valence-electron chi connectivity index (χ0n) is 21.6. The van der Waals surface area contributed by atoms with Crippen molar-refractivity contribution in [2.75, 3.05) is 26.4 Å². The van der Waals surface area contributed by atoms with Gasteiger partial charge in [-0.05, 0) is 89.4 Å². The molecule has 1 aliphatic carbocycles. The fraction of sp³-hybridized carbons (Fsp3) is 0.667. The molecule has 0 bridgehead atoms. The first-order valence-electron chi connectivity index (χ1n) is 12.9. The Balaban J connectivity index is 0.00000361. The van der Waals surface area contributed by atoms with Gasteiger partial charge >= 0.3 is 18.0 Å². The highest BCUT2D eigenvalue weighted by Gasteiger charge is 2.40. The molecule has 2 heterocycles. The van der Waals surface area contributed by atoms with Crippen LogP contribution in [-0.2, 0) is 19.1 Å². The number of ether oxygens (including phenoxy) is 2. The third-order valence-electron chi connectivity index (χ3n) is 7.58. The van der Waals surface area contributed by atoms with E-state index in [1.807, 2.05) is 4.90 Å². The van der Waals surface area contributed by atoms with Crippen molar-refractivity contribution >= 4 is 30.4 Å². The third kappa shape index (κ3) is 6.71. The first kappa shape index (κ1) is 28.3. The number of benzene rings is 1. The molecule has 1 aromatic rings. The van der Waals surface area contributed by atoms with Crippen LogP contribution in [0, 0.1) is 11.3 Å². The smallest absolute Gasteiger partial charge is 0.318 e. The fourth-order valence-electron chi connectivity index (χ4n) is 5.42. The van der Waals surface area contributed by atoms with E-state index in [4.69, 9.17) is 9.47 Å². The van der Waals surface area contributed by atoms with Crippen molar-refractivity contribution in [1.29, 1.82) is 0 Å². The van der Waals surface area contributed by atoms with Crippen molar-refractivity contribution in [3.8, 4) is 0 Å². The summed E-state index contributed by atoms with van der Waals surface area (Å²) in [4.78, 5) is 39.0. The average Bonchev–Trinajstić information content (AvgIpc) is 3.25. The Morgan fingerprint density at radius 2 is 1.56 bits per heavy atom. The summed E-state index contributed by atoms with van der Waals surface area (Å²) in [6.07, 6.45) is 5.14. The lowest BCUT2D eigenvalue weighted by Crippen LogP contribution is -2.42. The summed E-state index contributed by atoms with van der Waals surface area (Å²) < 4.78 is 10.3. The number of piperidine rings is 1. The number of amides is 2. The highest BCUT2D eigenvalue weighted by atomic mass is 35.5. The molecule has 9 heteroatoms. The molecule has 2 N–H and O–H groups in total. The number of nitrogens with one attached hydrogen (secondary N) is 2. The molecule has 1 atom stereocenters. The van der Waals surface area contributed by atoms with Crippen molar-refractivity contribution in [3.05, 3.63) is 35.4 Å². The number of carbonyl (C=O) groups excluding carboxylic acids is 3. The van der Waals surface area contributed by atoms with Gasteiger partial charge in [0.1, 0.15) is 0 Å². The van der Waals surface area contributed by atoms with E-state index in [9.17, 15) is 14.4 Å². The highest BCUT2D eigenvalue weighted by Crippen LogP contribution is 2.36. The van der Waals surface area contributed by atoms with Gasteiger partial charge in [0.15, 0.2) is 0 Å². The van der Waals surface area contributed by atoms with Gasteiger partial charge in [0.2, 0.25) is 6.79 Å². The molecule has 2 saturated heterocycles. The van der Waals surface area contributed by atoms with Crippen molar-refractivity contribution in [2.24, 2.45) is 11.3 Å². The number of hydrogen-bond donors (Lipinski definition) is 2. The van der Waals surface area contributed by atoms with Gasteiger partial charge in [0, 0.05) is 12.6 Å². The summed E-state index contributed by atoms with van der Waals surface area (Å²) in [5, 5.41) is 6.43. The molecule has 3 fully saturated rings. The maximum atomic E-state index is 12.7. The molecule has 1 unspecified atom stereocenters. The van der Waals surface area contributed by atoms with Gasteiger partial charge < -0.3 is 25.0 Å². The molecule has 1 aromatic carbocycles. The molecule has 2 amide bonds. The minimum absolute atomic E-state index is 0. The third-order valence-corrected chi connectivity index (χ3v) is 7.58. The van der Waals surface area contributed by atoms with Gasteiger partial charge in [0.05, 0.1) is 17.4 Å². The van der Waals surface area contributed by atoms with Gasteiger partial charge in [-0.2, -0.15) is 0 Å². The first-order valence-corrected chi connectivity index (χ1v) is 12.9. The number of rotatable bonds is 6. The molecule has 8 nitrogen and oxygen atoms in total. The van der Waals surface area contributed by atoms with Crippen LogP contribution in [0.1, 0.15) is 82.4 Å². The van der Waals surface area contributed by atoms with E-state index in [2.05, 4.69) is 34.9 Å². The summed E-state index contributed by atoms with van der Waals surface area (Å²) in [7, 11) is 0. The zero-order chi connectivity index (χ0) is 25.0. The number of esters is 2. The van der Waals surface area contributed by atoms with Gasteiger partial charge in [-0.15, -0.1) is 12.4 Å². The Morgan fingerprint density at radius 1 is 0.944 bits per heavy atom. The predicted octanol–water partition coefficient (Wildman–Crippen LogP) is 4.29. The van der Waals surface area contributed by atoms with E-state index in [1.54, 1.807) is 20.8 Å². The average molecular weight is 522 g/mol. The Labute approximate surface area is 220 Å². The van der Waals surface area contributed by atoms with Gasteiger partial charge in [-0.25, -0.2) is 4.79 Å². The lowest BCUT2D eigenvalue weighted by atomic mass is 9.84. The van der Waals surface area contributed by atoms with E-state index < -0.39 is 11.4 Å².